The molecule has 0 saturated carbocycles. The van der Waals surface area contributed by atoms with E-state index in [0.29, 0.717) is 5.92 Å². The Morgan fingerprint density at radius 3 is 2.56 bits per heavy atom. The molecule has 1 aliphatic carbocycles. The van der Waals surface area contributed by atoms with Crippen molar-refractivity contribution in [3.8, 4) is 11.1 Å². The summed E-state index contributed by atoms with van der Waals surface area (Å²) in [5.74, 6) is 0.543. The summed E-state index contributed by atoms with van der Waals surface area (Å²) in [7, 11) is 0. The molecule has 0 nitrogen and oxygen atoms in total. The molecule has 0 N–H and O–H groups in total. The Kier molecular flexibility index (Phi) is 2.32. The molecular weight excluding hydrogens is 307 g/mol. The fourth-order valence-corrected chi connectivity index (χ4v) is 3.24. The van der Waals surface area contributed by atoms with Crippen molar-refractivity contribution >= 4 is 22.6 Å². The first-order valence-corrected chi connectivity index (χ1v) is 6.66. The van der Waals surface area contributed by atoms with E-state index in [1.165, 1.54) is 31.4 Å². The molecule has 0 saturated heterocycles. The van der Waals surface area contributed by atoms with E-state index in [1.807, 2.05) is 0 Å². The van der Waals surface area contributed by atoms with Crippen molar-refractivity contribution in [1.29, 1.82) is 0 Å². The second-order valence-electron chi connectivity index (χ2n) is 4.44. The van der Waals surface area contributed by atoms with Crippen LogP contribution in [0.4, 0.5) is 0 Å². The molecule has 2 aromatic rings. The van der Waals surface area contributed by atoms with E-state index in [9.17, 15) is 0 Å². The Labute approximate surface area is 110 Å². The molecule has 80 valence electrons. The SMILES string of the molecule is Cc1c(I)ccc2c1C(C)c1ccccc1-2. The summed E-state index contributed by atoms with van der Waals surface area (Å²) < 4.78 is 1.37. The van der Waals surface area contributed by atoms with E-state index in [1.54, 1.807) is 0 Å². The van der Waals surface area contributed by atoms with E-state index in [-0.39, 0.29) is 0 Å². The van der Waals surface area contributed by atoms with Crippen molar-refractivity contribution in [3.63, 3.8) is 0 Å². The lowest BCUT2D eigenvalue weighted by atomic mass is 9.95. The monoisotopic (exact) mass is 320 g/mol. The number of rotatable bonds is 0. The predicted molar refractivity (Wildman–Crippen MR) is 76.8 cm³/mol. The van der Waals surface area contributed by atoms with Crippen LogP contribution in [0.3, 0.4) is 0 Å². The van der Waals surface area contributed by atoms with Crippen LogP contribution in [-0.2, 0) is 0 Å². The highest BCUT2D eigenvalue weighted by Crippen LogP contribution is 2.46. The van der Waals surface area contributed by atoms with Gasteiger partial charge in [-0.25, -0.2) is 0 Å². The minimum atomic E-state index is 0.543. The fraction of sp³-hybridized carbons (Fsp3) is 0.200. The summed E-state index contributed by atoms with van der Waals surface area (Å²) in [6.07, 6.45) is 0. The van der Waals surface area contributed by atoms with Gasteiger partial charge in [0.2, 0.25) is 0 Å². The van der Waals surface area contributed by atoms with Crippen molar-refractivity contribution < 1.29 is 0 Å². The molecule has 1 aliphatic rings. The largest absolute Gasteiger partial charge is 0.0619 e. The highest BCUT2D eigenvalue weighted by molar-refractivity contribution is 14.1. The van der Waals surface area contributed by atoms with Gasteiger partial charge in [0.15, 0.2) is 0 Å². The van der Waals surface area contributed by atoms with Gasteiger partial charge in [0.05, 0.1) is 0 Å². The van der Waals surface area contributed by atoms with Crippen molar-refractivity contribution in [2.24, 2.45) is 0 Å². The van der Waals surface area contributed by atoms with Gasteiger partial charge in [-0.3, -0.25) is 0 Å². The summed E-state index contributed by atoms with van der Waals surface area (Å²) in [4.78, 5) is 0. The smallest absolute Gasteiger partial charge is 0.0162 e. The molecule has 0 amide bonds. The molecule has 0 heterocycles. The van der Waals surface area contributed by atoms with E-state index < -0.39 is 0 Å². The van der Waals surface area contributed by atoms with Crippen LogP contribution in [0.2, 0.25) is 0 Å². The van der Waals surface area contributed by atoms with Crippen LogP contribution in [0.5, 0.6) is 0 Å². The van der Waals surface area contributed by atoms with Gasteiger partial charge in [-0.15, -0.1) is 0 Å². The van der Waals surface area contributed by atoms with Crippen molar-refractivity contribution in [2.45, 2.75) is 19.8 Å². The maximum Gasteiger partial charge on any atom is 0.0162 e. The minimum Gasteiger partial charge on any atom is -0.0619 e. The molecule has 0 aliphatic heterocycles. The molecule has 16 heavy (non-hydrogen) atoms. The number of halogens is 1. The van der Waals surface area contributed by atoms with Crippen LogP contribution < -0.4 is 0 Å². The second kappa shape index (κ2) is 3.59. The van der Waals surface area contributed by atoms with Crippen LogP contribution >= 0.6 is 22.6 Å². The molecule has 1 heteroatoms. The predicted octanol–water partition coefficient (Wildman–Crippen LogP) is 4.73. The zero-order chi connectivity index (χ0) is 11.3. The van der Waals surface area contributed by atoms with Gasteiger partial charge in [0.25, 0.3) is 0 Å². The normalized spacial score (nSPS) is 17.1. The third-order valence-electron chi connectivity index (χ3n) is 3.60. The maximum absolute atomic E-state index is 2.43. The Morgan fingerprint density at radius 2 is 1.75 bits per heavy atom. The molecular formula is C15H13I. The first-order chi connectivity index (χ1) is 7.70. The van der Waals surface area contributed by atoms with E-state index in [0.717, 1.165) is 0 Å². The average molecular weight is 320 g/mol. The molecule has 1 unspecified atom stereocenters. The lowest BCUT2D eigenvalue weighted by Gasteiger charge is -2.11. The van der Waals surface area contributed by atoms with E-state index in [2.05, 4.69) is 72.8 Å². The van der Waals surface area contributed by atoms with Crippen LogP contribution in [-0.4, -0.2) is 0 Å². The zero-order valence-corrected chi connectivity index (χ0v) is 11.6. The van der Waals surface area contributed by atoms with Gasteiger partial charge in [-0.05, 0) is 63.4 Å². The topological polar surface area (TPSA) is 0 Å². The second-order valence-corrected chi connectivity index (χ2v) is 5.60. The first kappa shape index (κ1) is 10.3. The fourth-order valence-electron chi connectivity index (χ4n) is 2.77. The molecule has 0 radical (unpaired) electrons. The first-order valence-electron chi connectivity index (χ1n) is 5.58. The van der Waals surface area contributed by atoms with Crippen LogP contribution in [0.25, 0.3) is 11.1 Å². The number of hydrogen-bond acceptors (Lipinski definition) is 0. The Bertz CT molecular complexity index is 570. The van der Waals surface area contributed by atoms with Gasteiger partial charge in [-0.2, -0.15) is 0 Å². The number of benzene rings is 2. The molecule has 2 aromatic carbocycles. The van der Waals surface area contributed by atoms with Gasteiger partial charge in [0.1, 0.15) is 0 Å². The molecule has 0 aromatic heterocycles. The summed E-state index contributed by atoms with van der Waals surface area (Å²) >= 11 is 2.43. The van der Waals surface area contributed by atoms with Crippen LogP contribution in [0.15, 0.2) is 36.4 Å². The number of hydrogen-bond donors (Lipinski definition) is 0. The lowest BCUT2D eigenvalue weighted by Crippen LogP contribution is -1.94. The maximum atomic E-state index is 2.43. The molecule has 0 bridgehead atoms. The molecule has 0 spiro atoms. The summed E-state index contributed by atoms with van der Waals surface area (Å²) in [5, 5.41) is 0. The zero-order valence-electron chi connectivity index (χ0n) is 9.42. The highest BCUT2D eigenvalue weighted by Gasteiger charge is 2.26. The summed E-state index contributed by atoms with van der Waals surface area (Å²) in [5.41, 5.74) is 7.29. The Balaban J connectivity index is 2.37. The van der Waals surface area contributed by atoms with E-state index in [4.69, 9.17) is 0 Å². The lowest BCUT2D eigenvalue weighted by molar-refractivity contribution is 0.942. The third kappa shape index (κ3) is 1.27. The third-order valence-corrected chi connectivity index (χ3v) is 4.77. The van der Waals surface area contributed by atoms with Crippen LogP contribution in [0, 0.1) is 10.5 Å². The van der Waals surface area contributed by atoms with Gasteiger partial charge >= 0.3 is 0 Å². The number of fused-ring (bicyclic) bond motifs is 3. The van der Waals surface area contributed by atoms with Gasteiger partial charge < -0.3 is 0 Å². The Hall–Kier alpha value is -0.830. The quantitative estimate of drug-likeness (QED) is 0.616. The van der Waals surface area contributed by atoms with E-state index >= 15 is 0 Å². The van der Waals surface area contributed by atoms with Crippen molar-refractivity contribution in [1.82, 2.24) is 0 Å². The van der Waals surface area contributed by atoms with Crippen LogP contribution in [0.1, 0.15) is 29.5 Å². The standard InChI is InChI=1S/C15H13I/c1-9-11-5-3-4-6-12(11)13-7-8-14(16)10(2)15(9)13/h3-9H,1-2H3. The van der Waals surface area contributed by atoms with Crippen molar-refractivity contribution in [2.75, 3.05) is 0 Å². The molecule has 0 fully saturated rings. The molecule has 1 atom stereocenters. The van der Waals surface area contributed by atoms with Crippen molar-refractivity contribution in [3.05, 3.63) is 56.7 Å². The highest BCUT2D eigenvalue weighted by atomic mass is 127. The van der Waals surface area contributed by atoms with Gasteiger partial charge in [-0.1, -0.05) is 37.3 Å². The van der Waals surface area contributed by atoms with Gasteiger partial charge in [0, 0.05) is 9.49 Å². The Morgan fingerprint density at radius 1 is 1.00 bits per heavy atom. The molecule has 3 rings (SSSR count). The average Bonchev–Trinajstić information content (AvgIpc) is 2.59. The minimum absolute atomic E-state index is 0.543. The summed E-state index contributed by atoms with van der Waals surface area (Å²) in [6, 6.07) is 13.3. The summed E-state index contributed by atoms with van der Waals surface area (Å²) in [6.45, 7) is 4.55.